The summed E-state index contributed by atoms with van der Waals surface area (Å²) in [5.74, 6) is -0.131. The third-order valence-corrected chi connectivity index (χ3v) is 3.90. The van der Waals surface area contributed by atoms with Crippen LogP contribution in [0.5, 0.6) is 5.75 Å². The number of nitrogens with one attached hydrogen (secondary N) is 1. The first-order valence-electron chi connectivity index (χ1n) is 6.06. The highest BCUT2D eigenvalue weighted by molar-refractivity contribution is 9.10. The summed E-state index contributed by atoms with van der Waals surface area (Å²) in [5.41, 5.74) is 1.69. The lowest BCUT2D eigenvalue weighted by molar-refractivity contribution is 0.386. The second-order valence-electron chi connectivity index (χ2n) is 4.38. The molecule has 0 spiro atoms. The van der Waals surface area contributed by atoms with Crippen LogP contribution in [0.2, 0.25) is 5.02 Å². The average molecular weight is 359 g/mol. The molecule has 0 bridgehead atoms. The minimum Gasteiger partial charge on any atom is -0.494 e. The van der Waals surface area contributed by atoms with Gasteiger partial charge < -0.3 is 10.1 Å². The third kappa shape index (κ3) is 3.44. The van der Waals surface area contributed by atoms with Crippen molar-refractivity contribution >= 4 is 33.2 Å². The van der Waals surface area contributed by atoms with E-state index in [0.29, 0.717) is 5.02 Å². The Balaban J connectivity index is 2.21. The molecule has 0 fully saturated rings. The van der Waals surface area contributed by atoms with Crippen LogP contribution in [0.1, 0.15) is 18.5 Å². The molecule has 2 aromatic carbocycles. The van der Waals surface area contributed by atoms with E-state index in [2.05, 4.69) is 21.2 Å². The Morgan fingerprint density at radius 2 is 2.00 bits per heavy atom. The molecular formula is C15H14BrClFNO. The fraction of sp³-hybridized carbons (Fsp3) is 0.200. The van der Waals surface area contributed by atoms with Crippen molar-refractivity contribution in [3.05, 3.63) is 57.3 Å². The summed E-state index contributed by atoms with van der Waals surface area (Å²) in [5, 5.41) is 3.94. The molecule has 1 N–H and O–H groups in total. The Morgan fingerprint density at radius 3 is 2.65 bits per heavy atom. The number of rotatable bonds is 4. The van der Waals surface area contributed by atoms with Gasteiger partial charge in [-0.05, 0) is 58.7 Å². The normalized spacial score (nSPS) is 12.1. The fourth-order valence-corrected chi connectivity index (χ4v) is 2.41. The van der Waals surface area contributed by atoms with Crippen molar-refractivity contribution in [2.75, 3.05) is 12.4 Å². The van der Waals surface area contributed by atoms with Crippen LogP contribution >= 0.6 is 27.5 Å². The monoisotopic (exact) mass is 357 g/mol. The highest BCUT2D eigenvalue weighted by atomic mass is 79.9. The van der Waals surface area contributed by atoms with E-state index in [1.165, 1.54) is 13.2 Å². The molecule has 0 amide bonds. The topological polar surface area (TPSA) is 21.3 Å². The molecule has 0 aliphatic carbocycles. The summed E-state index contributed by atoms with van der Waals surface area (Å²) in [7, 11) is 1.45. The summed E-state index contributed by atoms with van der Waals surface area (Å²) in [6.07, 6.45) is 0. The van der Waals surface area contributed by atoms with Crippen LogP contribution in [0.15, 0.2) is 40.9 Å². The Morgan fingerprint density at radius 1 is 1.25 bits per heavy atom. The molecule has 0 aromatic heterocycles. The summed E-state index contributed by atoms with van der Waals surface area (Å²) in [6, 6.07) is 10.3. The van der Waals surface area contributed by atoms with Crippen LogP contribution < -0.4 is 10.1 Å². The van der Waals surface area contributed by atoms with Gasteiger partial charge in [0.15, 0.2) is 11.6 Å². The molecule has 0 heterocycles. The van der Waals surface area contributed by atoms with Gasteiger partial charge in [0.2, 0.25) is 0 Å². The zero-order chi connectivity index (χ0) is 14.7. The summed E-state index contributed by atoms with van der Waals surface area (Å²) in [4.78, 5) is 0. The van der Waals surface area contributed by atoms with Crippen molar-refractivity contribution in [1.29, 1.82) is 0 Å². The largest absolute Gasteiger partial charge is 0.494 e. The average Bonchev–Trinajstić information content (AvgIpc) is 2.42. The maximum atomic E-state index is 13.7. The molecule has 20 heavy (non-hydrogen) atoms. The van der Waals surface area contributed by atoms with Gasteiger partial charge in [0.1, 0.15) is 0 Å². The minimum atomic E-state index is -0.371. The molecule has 2 rings (SSSR count). The first-order valence-corrected chi connectivity index (χ1v) is 7.23. The van der Waals surface area contributed by atoms with Crippen LogP contribution in [-0.4, -0.2) is 7.11 Å². The second kappa shape index (κ2) is 6.46. The van der Waals surface area contributed by atoms with Crippen molar-refractivity contribution in [2.45, 2.75) is 13.0 Å². The number of hydrogen-bond donors (Lipinski definition) is 1. The fourth-order valence-electron chi connectivity index (χ4n) is 1.88. The molecule has 0 saturated carbocycles. The van der Waals surface area contributed by atoms with Crippen LogP contribution in [0.4, 0.5) is 10.1 Å². The van der Waals surface area contributed by atoms with Crippen molar-refractivity contribution in [3.63, 3.8) is 0 Å². The molecule has 0 aliphatic heterocycles. The Kier molecular flexibility index (Phi) is 4.89. The standard InChI is InChI=1S/C15H14BrClFNO/c1-9(10-3-6-15(20-2)13(18)7-10)19-14-8-11(17)4-5-12(14)16/h3-9,19H,1-2H3. The number of methoxy groups -OCH3 is 1. The van der Waals surface area contributed by atoms with Crippen molar-refractivity contribution < 1.29 is 9.13 Å². The first kappa shape index (κ1) is 15.1. The van der Waals surface area contributed by atoms with Gasteiger partial charge in [-0.25, -0.2) is 4.39 Å². The Bertz CT molecular complexity index is 621. The summed E-state index contributed by atoms with van der Waals surface area (Å²) in [6.45, 7) is 1.95. The smallest absolute Gasteiger partial charge is 0.165 e. The van der Waals surface area contributed by atoms with E-state index in [0.717, 1.165) is 15.7 Å². The number of benzene rings is 2. The van der Waals surface area contributed by atoms with Gasteiger partial charge in [-0.2, -0.15) is 0 Å². The number of anilines is 1. The molecule has 106 valence electrons. The van der Waals surface area contributed by atoms with Crippen LogP contribution in [0.3, 0.4) is 0 Å². The first-order chi connectivity index (χ1) is 9.51. The van der Waals surface area contributed by atoms with Crippen LogP contribution in [0.25, 0.3) is 0 Å². The van der Waals surface area contributed by atoms with E-state index >= 15 is 0 Å². The van der Waals surface area contributed by atoms with E-state index < -0.39 is 0 Å². The van der Waals surface area contributed by atoms with Crippen molar-refractivity contribution in [2.24, 2.45) is 0 Å². The Labute approximate surface area is 131 Å². The SMILES string of the molecule is COc1ccc(C(C)Nc2cc(Cl)ccc2Br)cc1F. The van der Waals surface area contributed by atoms with Gasteiger partial charge >= 0.3 is 0 Å². The minimum absolute atomic E-state index is 0.0647. The van der Waals surface area contributed by atoms with Gasteiger partial charge in [-0.15, -0.1) is 0 Å². The van der Waals surface area contributed by atoms with Gasteiger partial charge in [-0.1, -0.05) is 17.7 Å². The number of ether oxygens (including phenoxy) is 1. The lowest BCUT2D eigenvalue weighted by Gasteiger charge is -2.17. The molecule has 2 aromatic rings. The molecule has 0 saturated heterocycles. The van der Waals surface area contributed by atoms with Crippen molar-refractivity contribution in [1.82, 2.24) is 0 Å². The third-order valence-electron chi connectivity index (χ3n) is 2.98. The summed E-state index contributed by atoms with van der Waals surface area (Å²) >= 11 is 9.43. The second-order valence-corrected chi connectivity index (χ2v) is 5.67. The van der Waals surface area contributed by atoms with E-state index in [4.69, 9.17) is 16.3 Å². The predicted molar refractivity (Wildman–Crippen MR) is 84.1 cm³/mol. The van der Waals surface area contributed by atoms with Gasteiger partial charge in [0.05, 0.1) is 12.8 Å². The van der Waals surface area contributed by atoms with Gasteiger partial charge in [0.25, 0.3) is 0 Å². The molecular weight excluding hydrogens is 345 g/mol. The molecule has 0 radical (unpaired) electrons. The predicted octanol–water partition coefficient (Wildman–Crippen LogP) is 5.42. The zero-order valence-electron chi connectivity index (χ0n) is 11.1. The number of hydrogen-bond acceptors (Lipinski definition) is 2. The van der Waals surface area contributed by atoms with Gasteiger partial charge in [-0.3, -0.25) is 0 Å². The van der Waals surface area contributed by atoms with Gasteiger partial charge in [0, 0.05) is 15.5 Å². The molecule has 1 unspecified atom stereocenters. The maximum Gasteiger partial charge on any atom is 0.165 e. The van der Waals surface area contributed by atoms with Crippen LogP contribution in [-0.2, 0) is 0 Å². The zero-order valence-corrected chi connectivity index (χ0v) is 13.4. The lowest BCUT2D eigenvalue weighted by Crippen LogP contribution is -2.07. The van der Waals surface area contributed by atoms with E-state index in [9.17, 15) is 4.39 Å². The van der Waals surface area contributed by atoms with E-state index in [1.54, 1.807) is 12.1 Å². The Hall–Kier alpha value is -1.26. The molecule has 5 heteroatoms. The maximum absolute atomic E-state index is 13.7. The van der Waals surface area contributed by atoms with E-state index in [1.807, 2.05) is 25.1 Å². The quantitative estimate of drug-likeness (QED) is 0.787. The molecule has 2 nitrogen and oxygen atoms in total. The lowest BCUT2D eigenvalue weighted by atomic mass is 10.1. The highest BCUT2D eigenvalue weighted by Crippen LogP contribution is 2.30. The highest BCUT2D eigenvalue weighted by Gasteiger charge is 2.11. The molecule has 0 aliphatic rings. The molecule has 1 atom stereocenters. The van der Waals surface area contributed by atoms with Crippen LogP contribution in [0, 0.1) is 5.82 Å². The summed E-state index contributed by atoms with van der Waals surface area (Å²) < 4.78 is 19.5. The number of halogens is 3. The van der Waals surface area contributed by atoms with E-state index in [-0.39, 0.29) is 17.6 Å². The van der Waals surface area contributed by atoms with Crippen molar-refractivity contribution in [3.8, 4) is 5.75 Å².